The average molecular weight is 437 g/mol. The molecule has 3 aromatic rings. The molecule has 0 fully saturated rings. The van der Waals surface area contributed by atoms with Gasteiger partial charge in [-0.3, -0.25) is 9.10 Å². The molecule has 3 aromatic carbocycles. The van der Waals surface area contributed by atoms with Crippen molar-refractivity contribution in [3.63, 3.8) is 0 Å². The first-order chi connectivity index (χ1) is 14.9. The molecule has 6 nitrogen and oxygen atoms in total. The van der Waals surface area contributed by atoms with Crippen molar-refractivity contribution in [3.8, 4) is 5.75 Å². The summed E-state index contributed by atoms with van der Waals surface area (Å²) >= 11 is 0. The first-order valence-electron chi connectivity index (χ1n) is 9.65. The van der Waals surface area contributed by atoms with Crippen LogP contribution in [0.5, 0.6) is 5.75 Å². The molecule has 31 heavy (non-hydrogen) atoms. The highest BCUT2D eigenvalue weighted by molar-refractivity contribution is 7.95. The maximum absolute atomic E-state index is 13.2. The second kappa shape index (κ2) is 9.95. The lowest BCUT2D eigenvalue weighted by molar-refractivity contribution is -0.114. The van der Waals surface area contributed by atoms with Crippen LogP contribution in [0.1, 0.15) is 11.1 Å². The smallest absolute Gasteiger partial charge is 0.258 e. The van der Waals surface area contributed by atoms with Crippen LogP contribution in [0.3, 0.4) is 0 Å². The van der Waals surface area contributed by atoms with Gasteiger partial charge in [-0.25, -0.2) is 8.42 Å². The SMILES string of the molecule is COc1ccccc1N(CC(=O)Nc1ccccc1C)S(=O)(=O)/C=C/c1ccccc1. The Hall–Kier alpha value is -3.58. The second-order valence-electron chi connectivity index (χ2n) is 6.80. The molecule has 7 heteroatoms. The topological polar surface area (TPSA) is 75.7 Å². The van der Waals surface area contributed by atoms with Crippen LogP contribution in [-0.2, 0) is 14.8 Å². The van der Waals surface area contributed by atoms with E-state index in [9.17, 15) is 13.2 Å². The van der Waals surface area contributed by atoms with Crippen molar-refractivity contribution in [2.24, 2.45) is 0 Å². The number of carbonyl (C=O) groups is 1. The van der Waals surface area contributed by atoms with Crippen molar-refractivity contribution < 1.29 is 17.9 Å². The molecule has 1 N–H and O–H groups in total. The number of ether oxygens (including phenoxy) is 1. The molecule has 0 saturated heterocycles. The maximum atomic E-state index is 13.2. The first kappa shape index (κ1) is 22.1. The van der Waals surface area contributed by atoms with Gasteiger partial charge in [-0.2, -0.15) is 0 Å². The normalized spacial score (nSPS) is 11.3. The number of para-hydroxylation sites is 3. The predicted molar refractivity (Wildman–Crippen MR) is 125 cm³/mol. The highest BCUT2D eigenvalue weighted by Crippen LogP contribution is 2.30. The van der Waals surface area contributed by atoms with Crippen LogP contribution < -0.4 is 14.4 Å². The third-order valence-electron chi connectivity index (χ3n) is 4.60. The van der Waals surface area contributed by atoms with Gasteiger partial charge in [0.1, 0.15) is 12.3 Å². The molecule has 0 aliphatic rings. The summed E-state index contributed by atoms with van der Waals surface area (Å²) in [5, 5.41) is 3.88. The van der Waals surface area contributed by atoms with E-state index in [1.54, 1.807) is 48.5 Å². The van der Waals surface area contributed by atoms with Crippen LogP contribution in [0.25, 0.3) is 6.08 Å². The van der Waals surface area contributed by atoms with Gasteiger partial charge in [0, 0.05) is 5.69 Å². The summed E-state index contributed by atoms with van der Waals surface area (Å²) in [4.78, 5) is 12.8. The van der Waals surface area contributed by atoms with Gasteiger partial charge in [-0.05, 0) is 42.3 Å². The lowest BCUT2D eigenvalue weighted by Gasteiger charge is -2.24. The van der Waals surface area contributed by atoms with Crippen LogP contribution in [0.15, 0.2) is 84.3 Å². The Morgan fingerprint density at radius 1 is 0.968 bits per heavy atom. The largest absolute Gasteiger partial charge is 0.495 e. The molecule has 0 unspecified atom stereocenters. The van der Waals surface area contributed by atoms with Crippen molar-refractivity contribution in [1.29, 1.82) is 0 Å². The van der Waals surface area contributed by atoms with E-state index in [1.807, 2.05) is 37.3 Å². The molecule has 0 heterocycles. The number of hydrogen-bond acceptors (Lipinski definition) is 4. The van der Waals surface area contributed by atoms with E-state index in [2.05, 4.69) is 5.32 Å². The number of carbonyl (C=O) groups excluding carboxylic acids is 1. The molecular weight excluding hydrogens is 412 g/mol. The number of amides is 1. The Kier molecular flexibility index (Phi) is 7.10. The molecule has 0 aromatic heterocycles. The lowest BCUT2D eigenvalue weighted by Crippen LogP contribution is -2.37. The third kappa shape index (κ3) is 5.73. The van der Waals surface area contributed by atoms with Gasteiger partial charge in [0.05, 0.1) is 18.2 Å². The number of benzene rings is 3. The van der Waals surface area contributed by atoms with Gasteiger partial charge >= 0.3 is 0 Å². The minimum Gasteiger partial charge on any atom is -0.495 e. The minimum atomic E-state index is -3.99. The zero-order chi connectivity index (χ0) is 22.3. The number of nitrogens with one attached hydrogen (secondary N) is 1. The van der Waals surface area contributed by atoms with Crippen molar-refractivity contribution in [1.82, 2.24) is 0 Å². The Labute approximate surface area is 182 Å². The van der Waals surface area contributed by atoms with Crippen molar-refractivity contribution in [2.45, 2.75) is 6.92 Å². The fraction of sp³-hybridized carbons (Fsp3) is 0.125. The van der Waals surface area contributed by atoms with Gasteiger partial charge in [-0.1, -0.05) is 60.7 Å². The van der Waals surface area contributed by atoms with Crippen LogP contribution in [-0.4, -0.2) is 28.0 Å². The molecule has 0 aliphatic heterocycles. The fourth-order valence-corrected chi connectivity index (χ4v) is 4.18. The molecule has 0 atom stereocenters. The standard InChI is InChI=1S/C24H24N2O4S/c1-19-10-6-7-13-21(19)25-24(27)18-26(22-14-8-9-15-23(22)30-2)31(28,29)17-16-20-11-4-3-5-12-20/h3-17H,18H2,1-2H3,(H,25,27)/b17-16+. The minimum absolute atomic E-state index is 0.280. The molecule has 0 radical (unpaired) electrons. The molecular formula is C24H24N2O4S. The van der Waals surface area contributed by atoms with Gasteiger partial charge < -0.3 is 10.1 Å². The fourth-order valence-electron chi connectivity index (χ4n) is 2.98. The van der Waals surface area contributed by atoms with Crippen LogP contribution in [0.2, 0.25) is 0 Å². The van der Waals surface area contributed by atoms with Crippen molar-refractivity contribution >= 4 is 33.4 Å². The van der Waals surface area contributed by atoms with E-state index in [4.69, 9.17) is 4.74 Å². The van der Waals surface area contributed by atoms with Crippen LogP contribution in [0.4, 0.5) is 11.4 Å². The number of sulfonamides is 1. The van der Waals surface area contributed by atoms with Crippen molar-refractivity contribution in [3.05, 3.63) is 95.4 Å². The molecule has 0 saturated carbocycles. The second-order valence-corrected chi connectivity index (χ2v) is 8.54. The first-order valence-corrected chi connectivity index (χ1v) is 11.2. The number of anilines is 2. The Morgan fingerprint density at radius 2 is 1.61 bits per heavy atom. The summed E-state index contributed by atoms with van der Waals surface area (Å²) < 4.78 is 32.8. The van der Waals surface area contributed by atoms with Crippen LogP contribution in [0, 0.1) is 6.92 Å². The van der Waals surface area contributed by atoms with Gasteiger partial charge in [-0.15, -0.1) is 0 Å². The summed E-state index contributed by atoms with van der Waals surface area (Å²) in [6, 6.07) is 23.1. The van der Waals surface area contributed by atoms with E-state index >= 15 is 0 Å². The summed E-state index contributed by atoms with van der Waals surface area (Å²) in [5.74, 6) is -0.111. The molecule has 0 spiro atoms. The van der Waals surface area contributed by atoms with E-state index in [0.29, 0.717) is 11.4 Å². The zero-order valence-corrected chi connectivity index (χ0v) is 18.2. The van der Waals surface area contributed by atoms with E-state index < -0.39 is 22.5 Å². The maximum Gasteiger partial charge on any atom is 0.258 e. The predicted octanol–water partition coefficient (Wildman–Crippen LogP) is 4.45. The molecule has 160 valence electrons. The molecule has 1 amide bonds. The van der Waals surface area contributed by atoms with E-state index in [-0.39, 0.29) is 5.69 Å². The molecule has 0 aliphatic carbocycles. The van der Waals surface area contributed by atoms with E-state index in [1.165, 1.54) is 13.2 Å². The van der Waals surface area contributed by atoms with Gasteiger partial charge in [0.25, 0.3) is 10.0 Å². The number of methoxy groups -OCH3 is 1. The third-order valence-corrected chi connectivity index (χ3v) is 6.02. The Balaban J connectivity index is 1.94. The van der Waals surface area contributed by atoms with Crippen molar-refractivity contribution in [2.75, 3.05) is 23.3 Å². The number of aryl methyl sites for hydroxylation is 1. The quantitative estimate of drug-likeness (QED) is 0.566. The number of hydrogen-bond donors (Lipinski definition) is 1. The monoisotopic (exact) mass is 436 g/mol. The summed E-state index contributed by atoms with van der Waals surface area (Å²) in [7, 11) is -2.54. The highest BCUT2D eigenvalue weighted by atomic mass is 32.2. The van der Waals surface area contributed by atoms with Gasteiger partial charge in [0.15, 0.2) is 0 Å². The summed E-state index contributed by atoms with van der Waals surface area (Å²) in [6.45, 7) is 1.46. The summed E-state index contributed by atoms with van der Waals surface area (Å²) in [5.41, 5.74) is 2.52. The summed E-state index contributed by atoms with van der Waals surface area (Å²) in [6.07, 6.45) is 1.50. The van der Waals surface area contributed by atoms with E-state index in [0.717, 1.165) is 20.8 Å². The Bertz CT molecular complexity index is 1170. The average Bonchev–Trinajstić information content (AvgIpc) is 2.78. The molecule has 0 bridgehead atoms. The van der Waals surface area contributed by atoms with Gasteiger partial charge in [0.2, 0.25) is 5.91 Å². The zero-order valence-electron chi connectivity index (χ0n) is 17.4. The van der Waals surface area contributed by atoms with Crippen LogP contribution >= 0.6 is 0 Å². The Morgan fingerprint density at radius 3 is 2.32 bits per heavy atom. The highest BCUT2D eigenvalue weighted by Gasteiger charge is 2.25. The lowest BCUT2D eigenvalue weighted by atomic mass is 10.2. The number of nitrogens with zero attached hydrogens (tertiary/aromatic N) is 1. The number of rotatable bonds is 8. The molecule has 3 rings (SSSR count).